The van der Waals surface area contributed by atoms with E-state index in [1.54, 1.807) is 49.5 Å². The lowest BCUT2D eigenvalue weighted by atomic mass is 10.0. The Morgan fingerprint density at radius 1 is 1.10 bits per heavy atom. The van der Waals surface area contributed by atoms with Gasteiger partial charge in [0.15, 0.2) is 0 Å². The number of nitrogens with one attached hydrogen (secondary N) is 1. The van der Waals surface area contributed by atoms with Crippen LogP contribution in [0.3, 0.4) is 0 Å². The van der Waals surface area contributed by atoms with Gasteiger partial charge < -0.3 is 9.47 Å². The van der Waals surface area contributed by atoms with Crippen molar-refractivity contribution in [1.29, 1.82) is 0 Å². The molecule has 1 N–H and O–H groups in total. The van der Waals surface area contributed by atoms with Gasteiger partial charge in [-0.2, -0.15) is 0 Å². The van der Waals surface area contributed by atoms with E-state index in [2.05, 4.69) is 14.3 Å². The molecule has 1 aromatic heterocycles. The molecule has 31 heavy (non-hydrogen) atoms. The van der Waals surface area contributed by atoms with E-state index in [0.717, 1.165) is 18.4 Å². The number of likely N-dealkylation sites (tertiary alicyclic amines) is 1. The van der Waals surface area contributed by atoms with Crippen molar-refractivity contribution < 1.29 is 13.2 Å². The number of aryl methyl sites for hydroxylation is 2. The van der Waals surface area contributed by atoms with Gasteiger partial charge in [0.05, 0.1) is 11.2 Å². The second kappa shape index (κ2) is 8.55. The van der Waals surface area contributed by atoms with E-state index in [-0.39, 0.29) is 10.8 Å². The van der Waals surface area contributed by atoms with Crippen LogP contribution in [0.5, 0.6) is 0 Å². The molecule has 3 aromatic rings. The van der Waals surface area contributed by atoms with Crippen molar-refractivity contribution >= 4 is 21.6 Å². The number of carbonyl (C=O) groups is 1. The number of aromatic nitrogens is 2. The van der Waals surface area contributed by atoms with Gasteiger partial charge >= 0.3 is 0 Å². The highest BCUT2D eigenvalue weighted by Crippen LogP contribution is 2.25. The first-order valence-corrected chi connectivity index (χ1v) is 11.8. The maximum absolute atomic E-state index is 13.0. The summed E-state index contributed by atoms with van der Waals surface area (Å²) in [5, 5.41) is 0. The lowest BCUT2D eigenvalue weighted by Crippen LogP contribution is -2.38. The first kappa shape index (κ1) is 21.1. The number of imidazole rings is 1. The van der Waals surface area contributed by atoms with Gasteiger partial charge in [0.1, 0.15) is 0 Å². The first-order valence-electron chi connectivity index (χ1n) is 10.3. The molecule has 0 unspecified atom stereocenters. The fourth-order valence-corrected chi connectivity index (χ4v) is 5.34. The van der Waals surface area contributed by atoms with Crippen LogP contribution in [-0.2, 0) is 10.0 Å². The van der Waals surface area contributed by atoms with Crippen LogP contribution in [0.15, 0.2) is 66.1 Å². The molecule has 0 spiro atoms. The highest BCUT2D eigenvalue weighted by Gasteiger charge is 2.25. The summed E-state index contributed by atoms with van der Waals surface area (Å²) in [6.07, 6.45) is 7.26. The van der Waals surface area contributed by atoms with E-state index in [9.17, 15) is 13.2 Å². The molecule has 0 saturated carbocycles. The molecule has 7 nitrogen and oxygen atoms in total. The molecule has 8 heteroatoms. The summed E-state index contributed by atoms with van der Waals surface area (Å²) in [5.74, 6) is -0.0862. The molecular formula is C23H26N4O3S. The molecule has 1 amide bonds. The quantitative estimate of drug-likeness (QED) is 0.657. The number of piperidine rings is 1. The zero-order valence-electron chi connectivity index (χ0n) is 17.7. The summed E-state index contributed by atoms with van der Waals surface area (Å²) in [6, 6.07) is 12.4. The SMILES string of the molecule is Cc1ccc(C)c(S(=O)(=O)Nc2cccc(C(=O)N3CCC(n4ccnc4)CC3)c2)c1. The van der Waals surface area contributed by atoms with Gasteiger partial charge in [-0.15, -0.1) is 0 Å². The predicted molar refractivity (Wildman–Crippen MR) is 120 cm³/mol. The van der Waals surface area contributed by atoms with Crippen LogP contribution in [0, 0.1) is 13.8 Å². The molecule has 2 aromatic carbocycles. The number of hydrogen-bond acceptors (Lipinski definition) is 4. The van der Waals surface area contributed by atoms with Crippen LogP contribution in [0.4, 0.5) is 5.69 Å². The summed E-state index contributed by atoms with van der Waals surface area (Å²) in [6.45, 7) is 4.93. The van der Waals surface area contributed by atoms with Crippen LogP contribution < -0.4 is 4.72 Å². The Balaban J connectivity index is 1.47. The van der Waals surface area contributed by atoms with Crippen molar-refractivity contribution in [3.05, 3.63) is 77.9 Å². The highest BCUT2D eigenvalue weighted by atomic mass is 32.2. The predicted octanol–water partition coefficient (Wildman–Crippen LogP) is 3.78. The first-order chi connectivity index (χ1) is 14.8. The van der Waals surface area contributed by atoms with Crippen molar-refractivity contribution in [2.24, 2.45) is 0 Å². The van der Waals surface area contributed by atoms with Crippen LogP contribution in [0.1, 0.15) is 40.4 Å². The van der Waals surface area contributed by atoms with E-state index in [4.69, 9.17) is 0 Å². The fraction of sp³-hybridized carbons (Fsp3) is 0.304. The molecule has 1 aliphatic rings. The molecule has 4 rings (SSSR count). The summed E-state index contributed by atoms with van der Waals surface area (Å²) in [7, 11) is -3.75. The summed E-state index contributed by atoms with van der Waals surface area (Å²) in [5.41, 5.74) is 2.39. The molecule has 1 saturated heterocycles. The van der Waals surface area contributed by atoms with Gasteiger partial charge in [0.25, 0.3) is 15.9 Å². The standard InChI is InChI=1S/C23H26N4O3S/c1-17-6-7-18(2)22(14-17)31(29,30)25-20-5-3-4-19(15-20)23(28)26-11-8-21(9-12-26)27-13-10-24-16-27/h3-7,10,13-16,21,25H,8-9,11-12H2,1-2H3. The fourth-order valence-electron chi connectivity index (χ4n) is 3.96. The maximum Gasteiger partial charge on any atom is 0.262 e. The largest absolute Gasteiger partial charge is 0.338 e. The van der Waals surface area contributed by atoms with Gasteiger partial charge in [0.2, 0.25) is 0 Å². The van der Waals surface area contributed by atoms with Crippen molar-refractivity contribution in [2.45, 2.75) is 37.6 Å². The van der Waals surface area contributed by atoms with Crippen molar-refractivity contribution in [3.8, 4) is 0 Å². The second-order valence-corrected chi connectivity index (χ2v) is 9.64. The molecule has 162 valence electrons. The smallest absolute Gasteiger partial charge is 0.262 e. The second-order valence-electron chi connectivity index (χ2n) is 7.99. The van der Waals surface area contributed by atoms with Gasteiger partial charge in [-0.25, -0.2) is 13.4 Å². The zero-order chi connectivity index (χ0) is 22.0. The lowest BCUT2D eigenvalue weighted by Gasteiger charge is -2.32. The minimum absolute atomic E-state index is 0.0862. The number of sulfonamides is 1. The van der Waals surface area contributed by atoms with Crippen LogP contribution in [0.25, 0.3) is 0 Å². The number of anilines is 1. The monoisotopic (exact) mass is 438 g/mol. The maximum atomic E-state index is 13.0. The Hall–Kier alpha value is -3.13. The lowest BCUT2D eigenvalue weighted by molar-refractivity contribution is 0.0694. The molecule has 0 bridgehead atoms. The number of amides is 1. The Labute approximate surface area is 182 Å². The van der Waals surface area contributed by atoms with Crippen molar-refractivity contribution in [1.82, 2.24) is 14.5 Å². The van der Waals surface area contributed by atoms with Gasteiger partial charge in [-0.3, -0.25) is 9.52 Å². The average Bonchev–Trinajstić information content (AvgIpc) is 3.30. The third-order valence-corrected chi connectivity index (χ3v) is 7.22. The topological polar surface area (TPSA) is 84.3 Å². The Bertz CT molecular complexity index is 1180. The van der Waals surface area contributed by atoms with E-state index < -0.39 is 10.0 Å². The molecule has 2 heterocycles. The van der Waals surface area contributed by atoms with Gasteiger partial charge in [-0.05, 0) is 62.1 Å². The molecule has 0 aliphatic carbocycles. The molecule has 0 radical (unpaired) electrons. The van der Waals surface area contributed by atoms with E-state index in [1.807, 2.05) is 30.4 Å². The van der Waals surface area contributed by atoms with Crippen LogP contribution >= 0.6 is 0 Å². The number of rotatable bonds is 5. The summed E-state index contributed by atoms with van der Waals surface area (Å²) < 4.78 is 30.5. The minimum atomic E-state index is -3.75. The molecule has 0 atom stereocenters. The highest BCUT2D eigenvalue weighted by molar-refractivity contribution is 7.92. The van der Waals surface area contributed by atoms with Crippen LogP contribution in [0.2, 0.25) is 0 Å². The van der Waals surface area contributed by atoms with Gasteiger partial charge in [0, 0.05) is 42.8 Å². The van der Waals surface area contributed by atoms with E-state index >= 15 is 0 Å². The zero-order valence-corrected chi connectivity index (χ0v) is 18.5. The average molecular weight is 439 g/mol. The number of nitrogens with zero attached hydrogens (tertiary/aromatic N) is 3. The third kappa shape index (κ3) is 4.64. The number of carbonyl (C=O) groups excluding carboxylic acids is 1. The Kier molecular flexibility index (Phi) is 5.82. The summed E-state index contributed by atoms with van der Waals surface area (Å²) >= 11 is 0. The normalized spacial score (nSPS) is 15.1. The molecule has 1 fully saturated rings. The number of hydrogen-bond donors (Lipinski definition) is 1. The minimum Gasteiger partial charge on any atom is -0.338 e. The van der Waals surface area contributed by atoms with E-state index in [0.29, 0.717) is 35.9 Å². The summed E-state index contributed by atoms with van der Waals surface area (Å²) in [4.78, 5) is 19.2. The third-order valence-electron chi connectivity index (χ3n) is 5.69. The van der Waals surface area contributed by atoms with E-state index in [1.165, 1.54) is 0 Å². The Morgan fingerprint density at radius 2 is 1.87 bits per heavy atom. The Morgan fingerprint density at radius 3 is 2.58 bits per heavy atom. The van der Waals surface area contributed by atoms with Crippen molar-refractivity contribution in [2.75, 3.05) is 17.8 Å². The van der Waals surface area contributed by atoms with Crippen LogP contribution in [-0.4, -0.2) is 41.9 Å². The van der Waals surface area contributed by atoms with Crippen molar-refractivity contribution in [3.63, 3.8) is 0 Å². The number of benzene rings is 2. The molecular weight excluding hydrogens is 412 g/mol. The molecule has 1 aliphatic heterocycles. The van der Waals surface area contributed by atoms with Gasteiger partial charge in [-0.1, -0.05) is 18.2 Å².